The first-order valence-electron chi connectivity index (χ1n) is 9.85. The van der Waals surface area contributed by atoms with Crippen LogP contribution in [0.15, 0.2) is 12.4 Å². The summed E-state index contributed by atoms with van der Waals surface area (Å²) >= 11 is 0. The van der Waals surface area contributed by atoms with Gasteiger partial charge in [-0.2, -0.15) is 5.10 Å². The highest BCUT2D eigenvalue weighted by molar-refractivity contribution is 5.88. The molecule has 3 rings (SSSR count). The second-order valence-corrected chi connectivity index (χ2v) is 8.07. The number of nitrogens with zero attached hydrogens (tertiary/aromatic N) is 3. The number of aliphatic hydroxyl groups excluding tert-OH is 1. The third-order valence-corrected chi connectivity index (χ3v) is 5.59. The summed E-state index contributed by atoms with van der Waals surface area (Å²) in [7, 11) is 0. The van der Waals surface area contributed by atoms with Gasteiger partial charge in [-0.25, -0.2) is 0 Å². The number of aliphatic hydroxyl groups is 1. The fraction of sp³-hybridized carbons (Fsp3) is 0.684. The molecular formula is C19H29N5O4. The molecule has 0 saturated carbocycles. The summed E-state index contributed by atoms with van der Waals surface area (Å²) in [6.45, 7) is 4.41. The maximum absolute atomic E-state index is 12.9. The molecule has 0 spiro atoms. The lowest BCUT2D eigenvalue weighted by Gasteiger charge is -2.40. The number of nitrogens with one attached hydrogen (secondary N) is 2. The van der Waals surface area contributed by atoms with Gasteiger partial charge in [0.15, 0.2) is 0 Å². The normalized spacial score (nSPS) is 24.6. The Morgan fingerprint density at radius 1 is 1.43 bits per heavy atom. The van der Waals surface area contributed by atoms with Crippen molar-refractivity contribution < 1.29 is 19.5 Å². The lowest BCUT2D eigenvalue weighted by Crippen LogP contribution is -2.58. The van der Waals surface area contributed by atoms with E-state index < -0.39 is 12.5 Å². The first kappa shape index (κ1) is 20.3. The lowest BCUT2D eigenvalue weighted by molar-refractivity contribution is -0.150. The fourth-order valence-corrected chi connectivity index (χ4v) is 4.35. The van der Waals surface area contributed by atoms with E-state index in [1.807, 2.05) is 4.90 Å². The van der Waals surface area contributed by atoms with Gasteiger partial charge in [0, 0.05) is 25.3 Å². The van der Waals surface area contributed by atoms with Crippen LogP contribution in [-0.4, -0.2) is 81.2 Å². The molecule has 0 unspecified atom stereocenters. The molecule has 3 atom stereocenters. The number of carbonyl (C=O) groups excluding carboxylic acids is 3. The second-order valence-electron chi connectivity index (χ2n) is 8.07. The van der Waals surface area contributed by atoms with Gasteiger partial charge in [-0.05, 0) is 30.7 Å². The van der Waals surface area contributed by atoms with Crippen LogP contribution in [0.5, 0.6) is 0 Å². The molecule has 9 nitrogen and oxygen atoms in total. The highest BCUT2D eigenvalue weighted by atomic mass is 16.3. The Morgan fingerprint density at radius 3 is 2.86 bits per heavy atom. The van der Waals surface area contributed by atoms with E-state index in [0.717, 1.165) is 12.0 Å². The van der Waals surface area contributed by atoms with Crippen molar-refractivity contribution in [3.8, 4) is 0 Å². The Balaban J connectivity index is 1.68. The van der Waals surface area contributed by atoms with Crippen LogP contribution in [0.4, 0.5) is 0 Å². The van der Waals surface area contributed by atoms with Gasteiger partial charge in [-0.15, -0.1) is 0 Å². The molecule has 1 aromatic heterocycles. The minimum atomic E-state index is -0.604. The quantitative estimate of drug-likeness (QED) is 0.581. The highest BCUT2D eigenvalue weighted by Gasteiger charge is 2.49. The monoisotopic (exact) mass is 391 g/mol. The molecular weight excluding hydrogens is 362 g/mol. The first-order chi connectivity index (χ1) is 13.4. The minimum absolute atomic E-state index is 0.0285. The zero-order valence-corrected chi connectivity index (χ0v) is 16.4. The van der Waals surface area contributed by atoms with Crippen molar-refractivity contribution in [2.45, 2.75) is 45.2 Å². The van der Waals surface area contributed by atoms with Crippen LogP contribution in [0.25, 0.3) is 0 Å². The van der Waals surface area contributed by atoms with Gasteiger partial charge in [-0.3, -0.25) is 19.5 Å². The Bertz CT molecular complexity index is 705. The summed E-state index contributed by atoms with van der Waals surface area (Å²) in [4.78, 5) is 40.7. The zero-order valence-electron chi connectivity index (χ0n) is 16.4. The molecule has 9 heteroatoms. The summed E-state index contributed by atoms with van der Waals surface area (Å²) in [5.41, 5.74) is 1.02. The van der Waals surface area contributed by atoms with Gasteiger partial charge in [-0.1, -0.05) is 13.8 Å². The summed E-state index contributed by atoms with van der Waals surface area (Å²) < 4.78 is 0. The van der Waals surface area contributed by atoms with E-state index in [9.17, 15) is 14.4 Å². The standard InChI is InChI=1S/C19H29N5O4/c1-12(2)5-16-15(19(28)20-4-3-13-7-21-22-8-13)6-14-9-23(18(27)11-25)10-17(26)24(14)16/h7-8,12,14-16,25H,3-6,9-11H2,1-2H3,(H,20,28)(H,21,22)/t14-,15-,16-/m0/s1. The number of aromatic nitrogens is 2. The summed E-state index contributed by atoms with van der Waals surface area (Å²) in [6.07, 6.45) is 5.50. The maximum atomic E-state index is 12.9. The van der Waals surface area contributed by atoms with Crippen LogP contribution in [0.3, 0.4) is 0 Å². The van der Waals surface area contributed by atoms with Crippen molar-refractivity contribution in [2.24, 2.45) is 11.8 Å². The molecule has 2 saturated heterocycles. The maximum Gasteiger partial charge on any atom is 0.248 e. The van der Waals surface area contributed by atoms with E-state index >= 15 is 0 Å². The number of aromatic amines is 1. The molecule has 154 valence electrons. The zero-order chi connectivity index (χ0) is 20.3. The highest BCUT2D eigenvalue weighted by Crippen LogP contribution is 2.36. The van der Waals surface area contributed by atoms with Crippen molar-refractivity contribution in [1.82, 2.24) is 25.3 Å². The number of hydrogen-bond acceptors (Lipinski definition) is 5. The number of carbonyl (C=O) groups is 3. The van der Waals surface area contributed by atoms with Crippen LogP contribution in [0.1, 0.15) is 32.3 Å². The van der Waals surface area contributed by atoms with E-state index in [4.69, 9.17) is 5.11 Å². The molecule has 0 aliphatic carbocycles. The Labute approximate surface area is 164 Å². The molecule has 3 N–H and O–H groups in total. The van der Waals surface area contributed by atoms with E-state index in [-0.39, 0.29) is 36.4 Å². The Hall–Kier alpha value is -2.42. The molecule has 0 radical (unpaired) electrons. The molecule has 2 aliphatic rings. The van der Waals surface area contributed by atoms with Gasteiger partial charge < -0.3 is 20.2 Å². The van der Waals surface area contributed by atoms with Gasteiger partial charge >= 0.3 is 0 Å². The largest absolute Gasteiger partial charge is 0.387 e. The number of hydrogen-bond donors (Lipinski definition) is 3. The first-order valence-corrected chi connectivity index (χ1v) is 9.85. The van der Waals surface area contributed by atoms with Gasteiger partial charge in [0.05, 0.1) is 24.7 Å². The van der Waals surface area contributed by atoms with Crippen molar-refractivity contribution in [1.29, 1.82) is 0 Å². The number of piperazine rings is 1. The van der Waals surface area contributed by atoms with Crippen molar-refractivity contribution >= 4 is 17.7 Å². The third-order valence-electron chi connectivity index (χ3n) is 5.59. The predicted octanol–water partition coefficient (Wildman–Crippen LogP) is -0.465. The molecule has 0 aromatic carbocycles. The van der Waals surface area contributed by atoms with Crippen LogP contribution >= 0.6 is 0 Å². The van der Waals surface area contributed by atoms with E-state index in [1.54, 1.807) is 12.4 Å². The molecule has 1 aromatic rings. The van der Waals surface area contributed by atoms with Crippen molar-refractivity contribution in [2.75, 3.05) is 26.2 Å². The van der Waals surface area contributed by atoms with Crippen LogP contribution in [-0.2, 0) is 20.8 Å². The van der Waals surface area contributed by atoms with Crippen LogP contribution in [0.2, 0.25) is 0 Å². The van der Waals surface area contributed by atoms with Gasteiger partial charge in [0.1, 0.15) is 6.61 Å². The molecule has 2 aliphatic heterocycles. The number of rotatable bonds is 7. The van der Waals surface area contributed by atoms with Crippen molar-refractivity contribution in [3.05, 3.63) is 18.0 Å². The smallest absolute Gasteiger partial charge is 0.248 e. The van der Waals surface area contributed by atoms with E-state index in [1.165, 1.54) is 4.90 Å². The summed E-state index contributed by atoms with van der Waals surface area (Å²) in [6, 6.07) is -0.331. The molecule has 3 amide bonds. The average Bonchev–Trinajstić information content (AvgIpc) is 3.28. The SMILES string of the molecule is CC(C)C[C@H]1[C@@H](C(=O)NCCc2cn[nH]c2)C[C@H]2CN(C(=O)CO)CC(=O)N21. The minimum Gasteiger partial charge on any atom is -0.387 e. The van der Waals surface area contributed by atoms with Gasteiger partial charge in [0.25, 0.3) is 0 Å². The molecule has 3 heterocycles. The lowest BCUT2D eigenvalue weighted by atomic mass is 9.91. The molecule has 2 fully saturated rings. The van der Waals surface area contributed by atoms with Crippen molar-refractivity contribution in [3.63, 3.8) is 0 Å². The predicted molar refractivity (Wildman–Crippen MR) is 101 cm³/mol. The van der Waals surface area contributed by atoms with E-state index in [0.29, 0.717) is 31.8 Å². The number of fused-ring (bicyclic) bond motifs is 1. The van der Waals surface area contributed by atoms with E-state index in [2.05, 4.69) is 29.4 Å². The van der Waals surface area contributed by atoms with Crippen LogP contribution < -0.4 is 5.32 Å². The average molecular weight is 391 g/mol. The summed E-state index contributed by atoms with van der Waals surface area (Å²) in [5, 5.41) is 18.8. The number of H-pyrrole nitrogens is 1. The topological polar surface area (TPSA) is 119 Å². The Morgan fingerprint density at radius 2 is 2.21 bits per heavy atom. The fourth-order valence-electron chi connectivity index (χ4n) is 4.35. The number of amides is 3. The molecule has 0 bridgehead atoms. The molecule has 28 heavy (non-hydrogen) atoms. The Kier molecular flexibility index (Phi) is 6.33. The second kappa shape index (κ2) is 8.72. The summed E-state index contributed by atoms with van der Waals surface area (Å²) in [5.74, 6) is -0.574. The van der Waals surface area contributed by atoms with Crippen LogP contribution in [0, 0.1) is 11.8 Å². The third kappa shape index (κ3) is 4.35. The van der Waals surface area contributed by atoms with Gasteiger partial charge in [0.2, 0.25) is 17.7 Å².